The fraction of sp³-hybridized carbons (Fsp3) is 0.385. The van der Waals surface area contributed by atoms with Gasteiger partial charge in [-0.25, -0.2) is 4.79 Å². The van der Waals surface area contributed by atoms with E-state index in [4.69, 9.17) is 16.7 Å². The van der Waals surface area contributed by atoms with E-state index in [0.29, 0.717) is 23.6 Å². The molecule has 1 aromatic rings. The van der Waals surface area contributed by atoms with Gasteiger partial charge in [-0.2, -0.15) is 0 Å². The Bertz CT molecular complexity index is 546. The van der Waals surface area contributed by atoms with Gasteiger partial charge in [0, 0.05) is 16.7 Å². The van der Waals surface area contributed by atoms with Crippen molar-refractivity contribution in [3.05, 3.63) is 27.7 Å². The van der Waals surface area contributed by atoms with Crippen LogP contribution < -0.4 is 10.6 Å². The normalized spacial score (nSPS) is 16.1. The molecule has 2 rings (SSSR count). The van der Waals surface area contributed by atoms with Crippen LogP contribution in [0.5, 0.6) is 0 Å². The summed E-state index contributed by atoms with van der Waals surface area (Å²) < 4.78 is 0.740. The van der Waals surface area contributed by atoms with Crippen molar-refractivity contribution in [2.24, 2.45) is 5.41 Å². The monoisotopic (exact) mass is 360 g/mol. The summed E-state index contributed by atoms with van der Waals surface area (Å²) in [6.07, 6.45) is 2.09. The molecule has 7 heteroatoms. The van der Waals surface area contributed by atoms with Gasteiger partial charge in [-0.05, 0) is 47.0 Å². The molecule has 0 aromatic heterocycles. The summed E-state index contributed by atoms with van der Waals surface area (Å²) in [6, 6.07) is 4.60. The second kappa shape index (κ2) is 6.01. The second-order valence-corrected chi connectivity index (χ2v) is 6.14. The van der Waals surface area contributed by atoms with E-state index in [1.807, 2.05) is 0 Å². The van der Waals surface area contributed by atoms with Gasteiger partial charge in [-0.1, -0.05) is 18.0 Å². The van der Waals surface area contributed by atoms with Crippen molar-refractivity contribution in [1.29, 1.82) is 0 Å². The van der Waals surface area contributed by atoms with E-state index in [0.717, 1.165) is 10.9 Å². The third-order valence-corrected chi connectivity index (χ3v) is 4.76. The largest absolute Gasteiger partial charge is 0.481 e. The van der Waals surface area contributed by atoms with Gasteiger partial charge in [0.15, 0.2) is 0 Å². The number of halogens is 2. The number of carboxylic acids is 1. The first-order valence-electron chi connectivity index (χ1n) is 6.16. The summed E-state index contributed by atoms with van der Waals surface area (Å²) >= 11 is 9.18. The zero-order valence-corrected chi connectivity index (χ0v) is 12.9. The molecule has 108 valence electrons. The molecular weight excluding hydrogens is 348 g/mol. The van der Waals surface area contributed by atoms with Crippen LogP contribution in [-0.2, 0) is 4.79 Å². The number of anilines is 1. The van der Waals surface area contributed by atoms with E-state index >= 15 is 0 Å². The summed E-state index contributed by atoms with van der Waals surface area (Å²) in [5, 5.41) is 14.9. The number of carbonyl (C=O) groups excluding carboxylic acids is 1. The number of benzene rings is 1. The Kier molecular flexibility index (Phi) is 4.55. The highest BCUT2D eigenvalue weighted by atomic mass is 79.9. The Hall–Kier alpha value is -1.27. The fourth-order valence-electron chi connectivity index (χ4n) is 2.07. The highest BCUT2D eigenvalue weighted by Crippen LogP contribution is 2.40. The lowest BCUT2D eigenvalue weighted by atomic mass is 9.69. The zero-order chi connectivity index (χ0) is 14.8. The first-order valence-corrected chi connectivity index (χ1v) is 7.33. The van der Waals surface area contributed by atoms with Crippen molar-refractivity contribution in [1.82, 2.24) is 5.32 Å². The standard InChI is InChI=1S/C13H14BrClN2O3/c14-9-3-2-8(6-10(9)15)17-12(20)16-7-13(11(18)19)4-1-5-13/h2-3,6H,1,4-5,7H2,(H,18,19)(H2,16,17,20). The lowest BCUT2D eigenvalue weighted by Gasteiger charge is -2.37. The molecule has 3 N–H and O–H groups in total. The molecular formula is C13H14BrClN2O3. The van der Waals surface area contributed by atoms with Crippen LogP contribution in [0.2, 0.25) is 5.02 Å². The third kappa shape index (κ3) is 3.24. The first kappa shape index (κ1) is 15.1. The number of hydrogen-bond donors (Lipinski definition) is 3. The minimum Gasteiger partial charge on any atom is -0.481 e. The molecule has 20 heavy (non-hydrogen) atoms. The molecule has 0 atom stereocenters. The van der Waals surface area contributed by atoms with Gasteiger partial charge in [0.05, 0.1) is 10.4 Å². The van der Waals surface area contributed by atoms with Gasteiger partial charge < -0.3 is 15.7 Å². The van der Waals surface area contributed by atoms with Crippen molar-refractivity contribution in [3.8, 4) is 0 Å². The second-order valence-electron chi connectivity index (χ2n) is 4.88. The molecule has 0 saturated heterocycles. The van der Waals surface area contributed by atoms with Gasteiger partial charge in [0.1, 0.15) is 0 Å². The molecule has 5 nitrogen and oxygen atoms in total. The maximum atomic E-state index is 11.7. The molecule has 1 aliphatic carbocycles. The lowest BCUT2D eigenvalue weighted by Crippen LogP contribution is -2.48. The molecule has 0 heterocycles. The summed E-state index contributed by atoms with van der Waals surface area (Å²) in [5.41, 5.74) is -0.247. The van der Waals surface area contributed by atoms with E-state index in [1.54, 1.807) is 18.2 Å². The molecule has 1 saturated carbocycles. The molecule has 0 spiro atoms. The van der Waals surface area contributed by atoms with Crippen LogP contribution in [0.15, 0.2) is 22.7 Å². The van der Waals surface area contributed by atoms with Crippen molar-refractivity contribution >= 4 is 45.2 Å². The molecule has 1 aromatic carbocycles. The SMILES string of the molecule is O=C(NCC1(C(=O)O)CCC1)Nc1ccc(Br)c(Cl)c1. The minimum absolute atomic E-state index is 0.137. The van der Waals surface area contributed by atoms with E-state index in [1.165, 1.54) is 0 Å². The number of hydrogen-bond acceptors (Lipinski definition) is 2. The highest BCUT2D eigenvalue weighted by Gasteiger charge is 2.44. The Balaban J connectivity index is 1.89. The third-order valence-electron chi connectivity index (χ3n) is 3.53. The van der Waals surface area contributed by atoms with Crippen molar-refractivity contribution in [2.75, 3.05) is 11.9 Å². The number of amides is 2. The average Bonchev–Trinajstić information content (AvgIpc) is 2.32. The molecule has 2 amide bonds. The molecule has 1 aliphatic rings. The van der Waals surface area contributed by atoms with E-state index in [2.05, 4.69) is 26.6 Å². The van der Waals surface area contributed by atoms with Gasteiger partial charge in [-0.3, -0.25) is 4.79 Å². The van der Waals surface area contributed by atoms with Gasteiger partial charge in [0.25, 0.3) is 0 Å². The fourth-order valence-corrected chi connectivity index (χ4v) is 2.50. The van der Waals surface area contributed by atoms with E-state index in [-0.39, 0.29) is 6.54 Å². The van der Waals surface area contributed by atoms with Crippen LogP contribution in [0.25, 0.3) is 0 Å². The Morgan fingerprint density at radius 2 is 2.10 bits per heavy atom. The average molecular weight is 362 g/mol. The Labute approximate surface area is 129 Å². The molecule has 0 unspecified atom stereocenters. The van der Waals surface area contributed by atoms with Crippen molar-refractivity contribution in [2.45, 2.75) is 19.3 Å². The van der Waals surface area contributed by atoms with Gasteiger partial charge in [0.2, 0.25) is 0 Å². The van der Waals surface area contributed by atoms with Crippen molar-refractivity contribution in [3.63, 3.8) is 0 Å². The molecule has 1 fully saturated rings. The maximum absolute atomic E-state index is 11.7. The molecule has 0 aliphatic heterocycles. The zero-order valence-electron chi connectivity index (χ0n) is 10.6. The maximum Gasteiger partial charge on any atom is 0.319 e. The summed E-state index contributed by atoms with van der Waals surface area (Å²) in [5.74, 6) is -0.851. The predicted molar refractivity (Wildman–Crippen MR) is 80.1 cm³/mol. The number of nitrogens with one attached hydrogen (secondary N) is 2. The number of aliphatic carboxylic acids is 1. The van der Waals surface area contributed by atoms with Crippen LogP contribution in [0.4, 0.5) is 10.5 Å². The summed E-state index contributed by atoms with van der Waals surface area (Å²) in [6.45, 7) is 0.137. The first-order chi connectivity index (χ1) is 9.43. The predicted octanol–water partition coefficient (Wildman–Crippen LogP) is 3.48. The smallest absolute Gasteiger partial charge is 0.319 e. The lowest BCUT2D eigenvalue weighted by molar-refractivity contribution is -0.153. The molecule has 0 radical (unpaired) electrons. The highest BCUT2D eigenvalue weighted by molar-refractivity contribution is 9.10. The van der Waals surface area contributed by atoms with Crippen LogP contribution in [0.1, 0.15) is 19.3 Å². The molecule has 0 bridgehead atoms. The summed E-state index contributed by atoms with van der Waals surface area (Å²) in [4.78, 5) is 22.9. The van der Waals surface area contributed by atoms with Crippen LogP contribution >= 0.6 is 27.5 Å². The van der Waals surface area contributed by atoms with Gasteiger partial charge in [-0.15, -0.1) is 0 Å². The Morgan fingerprint density at radius 3 is 2.60 bits per heavy atom. The van der Waals surface area contributed by atoms with Crippen LogP contribution in [0, 0.1) is 5.41 Å². The van der Waals surface area contributed by atoms with Gasteiger partial charge >= 0.3 is 12.0 Å². The number of urea groups is 1. The summed E-state index contributed by atoms with van der Waals surface area (Å²) in [7, 11) is 0. The van der Waals surface area contributed by atoms with E-state index in [9.17, 15) is 9.59 Å². The number of rotatable bonds is 4. The minimum atomic E-state index is -0.851. The van der Waals surface area contributed by atoms with Crippen LogP contribution in [-0.4, -0.2) is 23.7 Å². The quantitative estimate of drug-likeness (QED) is 0.768. The van der Waals surface area contributed by atoms with Crippen molar-refractivity contribution < 1.29 is 14.7 Å². The number of carboxylic acid groups (broad SMARTS) is 1. The number of carbonyl (C=O) groups is 2. The topological polar surface area (TPSA) is 78.4 Å². The Morgan fingerprint density at radius 1 is 1.40 bits per heavy atom. The van der Waals surface area contributed by atoms with E-state index < -0.39 is 17.4 Å². The van der Waals surface area contributed by atoms with Crippen LogP contribution in [0.3, 0.4) is 0 Å².